The number of amides is 1. The van der Waals surface area contributed by atoms with E-state index in [9.17, 15) is 4.79 Å². The fourth-order valence-electron chi connectivity index (χ4n) is 2.74. The van der Waals surface area contributed by atoms with Gasteiger partial charge in [-0.25, -0.2) is 4.98 Å². The van der Waals surface area contributed by atoms with Crippen LogP contribution in [0.2, 0.25) is 0 Å². The van der Waals surface area contributed by atoms with Crippen molar-refractivity contribution in [1.29, 1.82) is 0 Å². The Labute approximate surface area is 169 Å². The number of rotatable bonds is 8. The third-order valence-electron chi connectivity index (χ3n) is 4.23. The number of pyridine rings is 1. The van der Waals surface area contributed by atoms with Crippen molar-refractivity contribution in [2.24, 2.45) is 0 Å². The van der Waals surface area contributed by atoms with Gasteiger partial charge in [-0.15, -0.1) is 0 Å². The molecule has 3 aromatic rings. The molecule has 3 rings (SSSR count). The fraction of sp³-hybridized carbons (Fsp3) is 0.182. The number of benzene rings is 2. The number of nitrogens with zero attached hydrogens (tertiary/aromatic N) is 1. The van der Waals surface area contributed by atoms with Crippen LogP contribution in [-0.4, -0.2) is 32.2 Å². The Hall–Kier alpha value is -3.74. The summed E-state index contributed by atoms with van der Waals surface area (Å²) in [5, 5.41) is 6.04. The maximum absolute atomic E-state index is 12.2. The summed E-state index contributed by atoms with van der Waals surface area (Å²) >= 11 is 0. The van der Waals surface area contributed by atoms with Crippen LogP contribution in [0.1, 0.15) is 5.56 Å². The van der Waals surface area contributed by atoms with Gasteiger partial charge in [-0.1, -0.05) is 12.1 Å². The molecule has 0 spiro atoms. The molecule has 0 aliphatic carbocycles. The number of methoxy groups -OCH3 is 3. The minimum Gasteiger partial charge on any atom is -0.497 e. The molecule has 2 aromatic carbocycles. The van der Waals surface area contributed by atoms with E-state index in [2.05, 4.69) is 15.6 Å². The highest BCUT2D eigenvalue weighted by atomic mass is 16.5. The van der Waals surface area contributed by atoms with Crippen molar-refractivity contribution in [3.8, 4) is 17.2 Å². The molecule has 0 saturated carbocycles. The molecule has 0 atom stereocenters. The van der Waals surface area contributed by atoms with Gasteiger partial charge >= 0.3 is 0 Å². The minimum absolute atomic E-state index is 0.136. The Bertz CT molecular complexity index is 957. The van der Waals surface area contributed by atoms with Crippen LogP contribution < -0.4 is 24.8 Å². The highest BCUT2D eigenvalue weighted by Gasteiger charge is 2.07. The SMILES string of the molecule is COc1ccc(CC(=O)Nc2ccc(Nc3ccc(OC)c(OC)c3)cn2)cc1. The van der Waals surface area contributed by atoms with Crippen LogP contribution in [0.5, 0.6) is 17.2 Å². The monoisotopic (exact) mass is 393 g/mol. The van der Waals surface area contributed by atoms with Gasteiger partial charge in [-0.05, 0) is 42.0 Å². The van der Waals surface area contributed by atoms with Crippen molar-refractivity contribution in [2.75, 3.05) is 32.0 Å². The molecule has 0 saturated heterocycles. The van der Waals surface area contributed by atoms with Crippen LogP contribution in [0, 0.1) is 0 Å². The Morgan fingerprint density at radius 3 is 2.21 bits per heavy atom. The van der Waals surface area contributed by atoms with Crippen LogP contribution >= 0.6 is 0 Å². The second kappa shape index (κ2) is 9.45. The summed E-state index contributed by atoms with van der Waals surface area (Å²) < 4.78 is 15.7. The number of carbonyl (C=O) groups excluding carboxylic acids is 1. The van der Waals surface area contributed by atoms with Crippen molar-refractivity contribution >= 4 is 23.1 Å². The van der Waals surface area contributed by atoms with Crippen LogP contribution in [0.3, 0.4) is 0 Å². The first-order chi connectivity index (χ1) is 14.1. The molecule has 150 valence electrons. The molecule has 0 aliphatic heterocycles. The van der Waals surface area contributed by atoms with E-state index < -0.39 is 0 Å². The fourth-order valence-corrected chi connectivity index (χ4v) is 2.74. The Kier molecular flexibility index (Phi) is 6.52. The lowest BCUT2D eigenvalue weighted by atomic mass is 10.1. The summed E-state index contributed by atoms with van der Waals surface area (Å²) in [7, 11) is 4.79. The van der Waals surface area contributed by atoms with Crippen molar-refractivity contribution < 1.29 is 19.0 Å². The highest BCUT2D eigenvalue weighted by Crippen LogP contribution is 2.31. The maximum Gasteiger partial charge on any atom is 0.229 e. The number of hydrogen-bond acceptors (Lipinski definition) is 6. The van der Waals surface area contributed by atoms with Crippen molar-refractivity contribution in [2.45, 2.75) is 6.42 Å². The molecular formula is C22H23N3O4. The lowest BCUT2D eigenvalue weighted by Crippen LogP contribution is -2.15. The molecule has 0 fully saturated rings. The first kappa shape index (κ1) is 20.0. The van der Waals surface area contributed by atoms with Gasteiger partial charge in [0.1, 0.15) is 11.6 Å². The molecule has 7 nitrogen and oxygen atoms in total. The molecule has 2 N–H and O–H groups in total. The van der Waals surface area contributed by atoms with E-state index in [0.29, 0.717) is 17.3 Å². The van der Waals surface area contributed by atoms with Gasteiger partial charge in [-0.3, -0.25) is 4.79 Å². The number of aromatic nitrogens is 1. The molecular weight excluding hydrogens is 370 g/mol. The molecule has 0 unspecified atom stereocenters. The topological polar surface area (TPSA) is 81.7 Å². The standard InChI is InChI=1S/C22H23N3O4/c1-27-18-8-4-15(5-9-18)12-22(26)25-21-11-7-17(14-23-21)24-16-6-10-19(28-2)20(13-16)29-3/h4-11,13-14,24H,12H2,1-3H3,(H,23,25,26). The molecule has 29 heavy (non-hydrogen) atoms. The summed E-state index contributed by atoms with van der Waals surface area (Å²) in [6.45, 7) is 0. The van der Waals surface area contributed by atoms with Gasteiger partial charge < -0.3 is 24.8 Å². The molecule has 0 bridgehead atoms. The zero-order valence-corrected chi connectivity index (χ0v) is 16.6. The lowest BCUT2D eigenvalue weighted by Gasteiger charge is -2.11. The van der Waals surface area contributed by atoms with Crippen molar-refractivity contribution in [1.82, 2.24) is 4.98 Å². The van der Waals surface area contributed by atoms with Gasteiger partial charge in [-0.2, -0.15) is 0 Å². The smallest absolute Gasteiger partial charge is 0.229 e. The van der Waals surface area contributed by atoms with Crippen LogP contribution in [0.4, 0.5) is 17.2 Å². The highest BCUT2D eigenvalue weighted by molar-refractivity contribution is 5.91. The average molecular weight is 393 g/mol. The third kappa shape index (κ3) is 5.38. The molecule has 1 aromatic heterocycles. The zero-order valence-electron chi connectivity index (χ0n) is 16.6. The van der Waals surface area contributed by atoms with E-state index in [4.69, 9.17) is 14.2 Å². The molecule has 1 heterocycles. The first-order valence-corrected chi connectivity index (χ1v) is 8.99. The van der Waals surface area contributed by atoms with E-state index in [0.717, 1.165) is 22.7 Å². The second-order valence-electron chi connectivity index (χ2n) is 6.20. The van der Waals surface area contributed by atoms with Gasteiger partial charge in [0, 0.05) is 11.8 Å². The van der Waals surface area contributed by atoms with E-state index >= 15 is 0 Å². The summed E-state index contributed by atoms with van der Waals surface area (Å²) in [4.78, 5) is 16.5. The predicted octanol–water partition coefficient (Wildman–Crippen LogP) is 4.03. The summed E-state index contributed by atoms with van der Waals surface area (Å²) in [6, 6.07) is 16.5. The molecule has 7 heteroatoms. The number of nitrogens with one attached hydrogen (secondary N) is 2. The largest absolute Gasteiger partial charge is 0.497 e. The van der Waals surface area contributed by atoms with E-state index in [1.807, 2.05) is 48.5 Å². The van der Waals surface area contributed by atoms with Gasteiger partial charge in [0.25, 0.3) is 0 Å². The Morgan fingerprint density at radius 2 is 1.59 bits per heavy atom. The van der Waals surface area contributed by atoms with Gasteiger partial charge in [0.2, 0.25) is 5.91 Å². The average Bonchev–Trinajstić information content (AvgIpc) is 2.75. The minimum atomic E-state index is -0.136. The van der Waals surface area contributed by atoms with Crippen molar-refractivity contribution in [3.05, 3.63) is 66.4 Å². The first-order valence-electron chi connectivity index (χ1n) is 8.99. The zero-order chi connectivity index (χ0) is 20.6. The number of anilines is 3. The van der Waals surface area contributed by atoms with E-state index in [-0.39, 0.29) is 12.3 Å². The summed E-state index contributed by atoms with van der Waals surface area (Å²) in [6.07, 6.45) is 1.91. The second-order valence-corrected chi connectivity index (χ2v) is 6.20. The van der Waals surface area contributed by atoms with Gasteiger partial charge in [0.05, 0.1) is 39.6 Å². The molecule has 1 amide bonds. The lowest BCUT2D eigenvalue weighted by molar-refractivity contribution is -0.115. The maximum atomic E-state index is 12.2. The summed E-state index contributed by atoms with van der Waals surface area (Å²) in [5.41, 5.74) is 2.51. The summed E-state index contributed by atoms with van der Waals surface area (Å²) in [5.74, 6) is 2.40. The van der Waals surface area contributed by atoms with E-state index in [1.165, 1.54) is 0 Å². The number of hydrogen-bond donors (Lipinski definition) is 2. The third-order valence-corrected chi connectivity index (χ3v) is 4.23. The predicted molar refractivity (Wildman–Crippen MR) is 112 cm³/mol. The normalized spacial score (nSPS) is 10.2. The molecule has 0 radical (unpaired) electrons. The van der Waals surface area contributed by atoms with Gasteiger partial charge in [0.15, 0.2) is 11.5 Å². The van der Waals surface area contributed by atoms with E-state index in [1.54, 1.807) is 33.6 Å². The van der Waals surface area contributed by atoms with Crippen LogP contribution in [0.25, 0.3) is 0 Å². The van der Waals surface area contributed by atoms with Crippen molar-refractivity contribution in [3.63, 3.8) is 0 Å². The Morgan fingerprint density at radius 1 is 0.862 bits per heavy atom. The van der Waals surface area contributed by atoms with Crippen LogP contribution in [-0.2, 0) is 11.2 Å². The number of ether oxygens (including phenoxy) is 3. The number of carbonyl (C=O) groups is 1. The molecule has 0 aliphatic rings. The quantitative estimate of drug-likeness (QED) is 0.601. The van der Waals surface area contributed by atoms with Crippen LogP contribution in [0.15, 0.2) is 60.8 Å². The Balaban J connectivity index is 1.58.